The summed E-state index contributed by atoms with van der Waals surface area (Å²) in [6, 6.07) is 7.77. The van der Waals surface area contributed by atoms with Gasteiger partial charge in [0.25, 0.3) is 0 Å². The highest BCUT2D eigenvalue weighted by Gasteiger charge is 2.39. The predicted molar refractivity (Wildman–Crippen MR) is 93.6 cm³/mol. The Labute approximate surface area is 147 Å². The molecule has 1 saturated carbocycles. The highest BCUT2D eigenvalue weighted by atomic mass is 16.4. The number of hydrogen-bond donors (Lipinski definition) is 1. The summed E-state index contributed by atoms with van der Waals surface area (Å²) in [5.41, 5.74) is 1.92. The van der Waals surface area contributed by atoms with Crippen LogP contribution in [0.15, 0.2) is 24.3 Å². The molecule has 0 unspecified atom stereocenters. The summed E-state index contributed by atoms with van der Waals surface area (Å²) in [5.74, 6) is -1.62. The minimum absolute atomic E-state index is 0.0136. The van der Waals surface area contributed by atoms with Crippen LogP contribution in [0.3, 0.4) is 0 Å². The molecule has 1 amide bonds. The lowest BCUT2D eigenvalue weighted by atomic mass is 9.93. The Morgan fingerprint density at radius 2 is 1.84 bits per heavy atom. The lowest BCUT2D eigenvalue weighted by Crippen LogP contribution is -2.49. The Hall–Kier alpha value is -2.37. The van der Waals surface area contributed by atoms with E-state index in [0.29, 0.717) is 25.9 Å². The van der Waals surface area contributed by atoms with Gasteiger partial charge in [0.15, 0.2) is 0 Å². The average molecular weight is 344 g/mol. The molecule has 1 heterocycles. The van der Waals surface area contributed by atoms with E-state index >= 15 is 0 Å². The van der Waals surface area contributed by atoms with E-state index < -0.39 is 11.9 Å². The summed E-state index contributed by atoms with van der Waals surface area (Å²) in [6.07, 6.45) is 1.01. The van der Waals surface area contributed by atoms with Crippen molar-refractivity contribution in [1.29, 1.82) is 0 Å². The summed E-state index contributed by atoms with van der Waals surface area (Å²) in [5, 5.41) is 9.22. The average Bonchev–Trinajstić information content (AvgIpc) is 3.03. The molecule has 25 heavy (non-hydrogen) atoms. The van der Waals surface area contributed by atoms with E-state index in [1.165, 1.54) is 0 Å². The summed E-state index contributed by atoms with van der Waals surface area (Å²) in [4.78, 5) is 39.5. The van der Waals surface area contributed by atoms with Crippen LogP contribution in [0.1, 0.15) is 37.7 Å². The van der Waals surface area contributed by atoms with Gasteiger partial charge in [-0.25, -0.2) is 0 Å². The number of Topliss-reactive ketones (excluding diaryl/α,β-unsaturated/α-hetero) is 1. The molecule has 3 rings (SSSR count). The number of para-hydroxylation sites is 1. The standard InChI is InChI=1S/C19H24N2O4/c1-2-18(23)21-9-7-20(8-10-21)16-6-4-3-5-14(16)15-11-13(19(24)25)12-17(15)22/h3-6,13,15H,2,7-12H2,1H3,(H,24,25)/t13-,15+/m1/s1. The lowest BCUT2D eigenvalue weighted by Gasteiger charge is -2.37. The third-order valence-electron chi connectivity index (χ3n) is 5.29. The Balaban J connectivity index is 1.77. The highest BCUT2D eigenvalue weighted by molar-refractivity contribution is 5.94. The molecule has 1 aliphatic carbocycles. The molecule has 0 radical (unpaired) electrons. The van der Waals surface area contributed by atoms with Crippen LogP contribution < -0.4 is 4.90 Å². The zero-order valence-electron chi connectivity index (χ0n) is 14.5. The van der Waals surface area contributed by atoms with E-state index in [1.807, 2.05) is 36.1 Å². The number of carbonyl (C=O) groups excluding carboxylic acids is 2. The fraction of sp³-hybridized carbons (Fsp3) is 0.526. The molecule has 0 bridgehead atoms. The molecule has 134 valence electrons. The summed E-state index contributed by atoms with van der Waals surface area (Å²) in [6.45, 7) is 4.68. The molecule has 0 spiro atoms. The van der Waals surface area contributed by atoms with Gasteiger partial charge in [-0.3, -0.25) is 14.4 Å². The zero-order chi connectivity index (χ0) is 18.0. The first-order valence-electron chi connectivity index (χ1n) is 8.88. The number of aliphatic carboxylic acids is 1. The maximum Gasteiger partial charge on any atom is 0.306 e. The molecule has 2 atom stereocenters. The second kappa shape index (κ2) is 7.25. The molecule has 6 nitrogen and oxygen atoms in total. The van der Waals surface area contributed by atoms with E-state index in [4.69, 9.17) is 0 Å². The lowest BCUT2D eigenvalue weighted by molar-refractivity contribution is -0.142. The van der Waals surface area contributed by atoms with Crippen LogP contribution in [0.2, 0.25) is 0 Å². The first-order valence-corrected chi connectivity index (χ1v) is 8.88. The number of rotatable bonds is 4. The van der Waals surface area contributed by atoms with Gasteiger partial charge < -0.3 is 14.9 Å². The molecule has 1 aromatic carbocycles. The van der Waals surface area contributed by atoms with Gasteiger partial charge in [0.2, 0.25) is 5.91 Å². The van der Waals surface area contributed by atoms with Crippen molar-refractivity contribution in [3.63, 3.8) is 0 Å². The van der Waals surface area contributed by atoms with E-state index in [2.05, 4.69) is 4.90 Å². The number of nitrogens with zero attached hydrogens (tertiary/aromatic N) is 2. The fourth-order valence-electron chi connectivity index (χ4n) is 3.86. The minimum Gasteiger partial charge on any atom is -0.481 e. The molecule has 1 aliphatic heterocycles. The van der Waals surface area contributed by atoms with Crippen molar-refractivity contribution in [3.05, 3.63) is 29.8 Å². The van der Waals surface area contributed by atoms with E-state index in [9.17, 15) is 19.5 Å². The van der Waals surface area contributed by atoms with Gasteiger partial charge in [0, 0.05) is 50.6 Å². The normalized spacial score (nSPS) is 23.8. The van der Waals surface area contributed by atoms with Crippen LogP contribution in [0.25, 0.3) is 0 Å². The van der Waals surface area contributed by atoms with Crippen molar-refractivity contribution in [3.8, 4) is 0 Å². The first kappa shape index (κ1) is 17.5. The third kappa shape index (κ3) is 3.52. The molecule has 1 aromatic rings. The maximum absolute atomic E-state index is 12.4. The summed E-state index contributed by atoms with van der Waals surface area (Å²) < 4.78 is 0. The number of hydrogen-bond acceptors (Lipinski definition) is 4. The SMILES string of the molecule is CCC(=O)N1CCN(c2ccccc2[C@@H]2C[C@@H](C(=O)O)CC2=O)CC1. The van der Waals surface area contributed by atoms with Gasteiger partial charge in [-0.2, -0.15) is 0 Å². The van der Waals surface area contributed by atoms with Crippen LogP contribution in [0.5, 0.6) is 0 Å². The smallest absolute Gasteiger partial charge is 0.306 e. The van der Waals surface area contributed by atoms with Crippen molar-refractivity contribution in [2.75, 3.05) is 31.1 Å². The van der Waals surface area contributed by atoms with Gasteiger partial charge in [-0.05, 0) is 18.1 Å². The van der Waals surface area contributed by atoms with Crippen LogP contribution >= 0.6 is 0 Å². The predicted octanol–water partition coefficient (Wildman–Crippen LogP) is 1.89. The van der Waals surface area contributed by atoms with E-state index in [-0.39, 0.29) is 24.0 Å². The van der Waals surface area contributed by atoms with Gasteiger partial charge in [-0.1, -0.05) is 25.1 Å². The van der Waals surface area contributed by atoms with Crippen LogP contribution in [0, 0.1) is 5.92 Å². The molecular formula is C19H24N2O4. The third-order valence-corrected chi connectivity index (χ3v) is 5.29. The number of anilines is 1. The van der Waals surface area contributed by atoms with Crippen LogP contribution in [0.4, 0.5) is 5.69 Å². The molecular weight excluding hydrogens is 320 g/mol. The highest BCUT2D eigenvalue weighted by Crippen LogP contribution is 2.40. The summed E-state index contributed by atoms with van der Waals surface area (Å²) in [7, 11) is 0. The molecule has 1 saturated heterocycles. The summed E-state index contributed by atoms with van der Waals surface area (Å²) >= 11 is 0. The number of piperazine rings is 1. The van der Waals surface area contributed by atoms with Gasteiger partial charge in [0.05, 0.1) is 5.92 Å². The van der Waals surface area contributed by atoms with Crippen molar-refractivity contribution in [1.82, 2.24) is 4.90 Å². The molecule has 2 fully saturated rings. The quantitative estimate of drug-likeness (QED) is 0.902. The van der Waals surface area contributed by atoms with Crippen LogP contribution in [-0.2, 0) is 14.4 Å². The molecule has 0 aromatic heterocycles. The number of carboxylic acids is 1. The fourth-order valence-corrected chi connectivity index (χ4v) is 3.86. The topological polar surface area (TPSA) is 77.9 Å². The number of ketones is 1. The maximum atomic E-state index is 12.4. The number of benzene rings is 1. The van der Waals surface area contributed by atoms with Gasteiger partial charge >= 0.3 is 5.97 Å². The van der Waals surface area contributed by atoms with Crippen molar-refractivity contribution in [2.24, 2.45) is 5.92 Å². The molecule has 1 N–H and O–H groups in total. The second-order valence-corrected chi connectivity index (χ2v) is 6.77. The zero-order valence-corrected chi connectivity index (χ0v) is 14.5. The Bertz CT molecular complexity index is 680. The number of carbonyl (C=O) groups is 3. The Morgan fingerprint density at radius 1 is 1.16 bits per heavy atom. The van der Waals surface area contributed by atoms with Crippen molar-refractivity contribution >= 4 is 23.3 Å². The minimum atomic E-state index is -0.889. The van der Waals surface area contributed by atoms with Gasteiger partial charge in [0.1, 0.15) is 5.78 Å². The molecule has 2 aliphatic rings. The Kier molecular flexibility index (Phi) is 5.06. The number of amides is 1. The molecule has 6 heteroatoms. The van der Waals surface area contributed by atoms with Crippen LogP contribution in [-0.4, -0.2) is 53.8 Å². The van der Waals surface area contributed by atoms with E-state index in [1.54, 1.807) is 0 Å². The second-order valence-electron chi connectivity index (χ2n) is 6.77. The number of carboxylic acid groups (broad SMARTS) is 1. The van der Waals surface area contributed by atoms with Crippen molar-refractivity contribution in [2.45, 2.75) is 32.1 Å². The van der Waals surface area contributed by atoms with E-state index in [0.717, 1.165) is 24.3 Å². The monoisotopic (exact) mass is 344 g/mol. The largest absolute Gasteiger partial charge is 0.481 e. The Morgan fingerprint density at radius 3 is 2.44 bits per heavy atom. The van der Waals surface area contributed by atoms with Gasteiger partial charge in [-0.15, -0.1) is 0 Å². The van der Waals surface area contributed by atoms with Crippen molar-refractivity contribution < 1.29 is 19.5 Å². The first-order chi connectivity index (χ1) is 12.0.